The molecule has 2 N–H and O–H groups in total. The fourth-order valence-corrected chi connectivity index (χ4v) is 7.64. The third-order valence-electron chi connectivity index (χ3n) is 10.3. The van der Waals surface area contributed by atoms with Crippen molar-refractivity contribution < 1.29 is 47.0 Å². The van der Waals surface area contributed by atoms with Gasteiger partial charge in [0.2, 0.25) is 0 Å². The lowest BCUT2D eigenvalue weighted by Gasteiger charge is -2.44. The molecule has 55 heavy (non-hydrogen) atoms. The standard InChI is InChI=1S/C41H41Cl2F2N3O7/c1-51-33-5-3-2-4-29(33)38(40(50)54-37-22-48-16-14-25(37)15-17-48)47-28-11-8-26(9-12-28)39(49)53-35(19-30-31(42)20-46-21-32(30)43)27-10-13-34(55-41(44)45)36(18-27)52-23-24-6-7-24/h2-5,8-13,18,20-21,24-25,35,37-38,41,47H,6-7,14-17,19,22-23H2,1H3/p+1/t35-,37-,38?/m0/s1. The van der Waals surface area contributed by atoms with Crippen LogP contribution in [-0.2, 0) is 20.7 Å². The van der Waals surface area contributed by atoms with E-state index in [4.69, 9.17) is 46.9 Å². The minimum absolute atomic E-state index is 0.0666. The molecule has 1 aromatic heterocycles. The van der Waals surface area contributed by atoms with E-state index in [-0.39, 0.29) is 29.6 Å². The van der Waals surface area contributed by atoms with Crippen molar-refractivity contribution in [3.8, 4) is 17.2 Å². The summed E-state index contributed by atoms with van der Waals surface area (Å²) in [4.78, 5) is 32.8. The van der Waals surface area contributed by atoms with Crippen LogP contribution < -0.4 is 24.5 Å². The van der Waals surface area contributed by atoms with Gasteiger partial charge in [0.15, 0.2) is 29.9 Å². The van der Waals surface area contributed by atoms with Crippen molar-refractivity contribution in [2.24, 2.45) is 11.8 Å². The number of esters is 2. The summed E-state index contributed by atoms with van der Waals surface area (Å²) < 4.78 is 55.0. The number of carbonyl (C=O) groups excluding carboxylic acids is 2. The molecule has 4 fully saturated rings. The molecular weight excluding hydrogens is 755 g/mol. The van der Waals surface area contributed by atoms with Gasteiger partial charge in [0.05, 0.1) is 19.3 Å². The number of aromatic amines is 1. The van der Waals surface area contributed by atoms with E-state index in [9.17, 15) is 18.4 Å². The third kappa shape index (κ3) is 9.60. The molecule has 1 saturated carbocycles. The number of piperidine rings is 3. The van der Waals surface area contributed by atoms with E-state index in [1.165, 1.54) is 18.2 Å². The zero-order valence-electron chi connectivity index (χ0n) is 30.2. The van der Waals surface area contributed by atoms with Crippen LogP contribution in [0.3, 0.4) is 0 Å². The fraction of sp³-hybridized carbons (Fsp3) is 0.390. The van der Waals surface area contributed by atoms with Gasteiger partial charge in [-0.2, -0.15) is 8.78 Å². The van der Waals surface area contributed by atoms with Crippen LogP contribution in [0, 0.1) is 11.8 Å². The van der Waals surface area contributed by atoms with Crippen LogP contribution in [0.5, 0.6) is 17.2 Å². The molecule has 14 heteroatoms. The van der Waals surface area contributed by atoms with Crippen LogP contribution in [0.1, 0.15) is 64.9 Å². The Morgan fingerprint density at radius 1 is 0.927 bits per heavy atom. The maximum Gasteiger partial charge on any atom is 0.387 e. The normalized spacial score (nSPS) is 20.0. The Bertz CT molecular complexity index is 1960. The van der Waals surface area contributed by atoms with Crippen LogP contribution in [-0.4, -0.2) is 62.9 Å². The van der Waals surface area contributed by atoms with Crippen molar-refractivity contribution in [2.45, 2.75) is 57.0 Å². The van der Waals surface area contributed by atoms with Crippen LogP contribution >= 0.6 is 23.2 Å². The molecule has 0 radical (unpaired) electrons. The van der Waals surface area contributed by atoms with Crippen LogP contribution in [0.4, 0.5) is 14.5 Å². The van der Waals surface area contributed by atoms with Crippen molar-refractivity contribution in [3.63, 3.8) is 0 Å². The molecule has 3 aromatic carbocycles. The summed E-state index contributed by atoms with van der Waals surface area (Å²) in [6, 6.07) is 17.3. The highest BCUT2D eigenvalue weighted by Gasteiger charge is 2.38. The largest absolute Gasteiger partial charge is 0.496 e. The molecule has 3 saturated heterocycles. The second-order valence-corrected chi connectivity index (χ2v) is 14.9. The lowest BCUT2D eigenvalue weighted by molar-refractivity contribution is -0.377. The number of pyridine rings is 1. The van der Waals surface area contributed by atoms with Gasteiger partial charge in [-0.1, -0.05) is 47.5 Å². The number of anilines is 1. The van der Waals surface area contributed by atoms with Gasteiger partial charge in [0.25, 0.3) is 0 Å². The molecule has 3 aliphatic heterocycles. The number of carbonyl (C=O) groups is 2. The lowest BCUT2D eigenvalue weighted by Crippen LogP contribution is -2.52. The van der Waals surface area contributed by atoms with E-state index in [2.05, 4.69) is 15.2 Å². The predicted octanol–water partition coefficient (Wildman–Crippen LogP) is 8.14. The molecule has 1 unspecified atom stereocenters. The van der Waals surface area contributed by atoms with Gasteiger partial charge in [-0.25, -0.2) is 14.6 Å². The van der Waals surface area contributed by atoms with E-state index < -0.39 is 30.7 Å². The summed E-state index contributed by atoms with van der Waals surface area (Å²) in [5.41, 5.74) is 2.37. The SMILES string of the molecule is COc1ccccc1C(Nc1ccc(C(=O)O[C@@H](Cc2c(Cl)c[nH+]cc2Cl)c2ccc(OC(F)F)c(OCC3CC3)c2)cc1)C(=O)O[C@H]1CN2CCC1CC2. The quantitative estimate of drug-likeness (QED) is 0.112. The monoisotopic (exact) mass is 796 g/mol. The van der Waals surface area contributed by atoms with Crippen LogP contribution in [0.2, 0.25) is 10.0 Å². The number of nitrogens with zero attached hydrogens (tertiary/aromatic N) is 1. The molecule has 8 rings (SSSR count). The van der Waals surface area contributed by atoms with E-state index >= 15 is 0 Å². The number of hydrogen-bond donors (Lipinski definition) is 1. The van der Waals surface area contributed by atoms with Crippen molar-refractivity contribution >= 4 is 40.8 Å². The van der Waals surface area contributed by atoms with E-state index in [0.717, 1.165) is 45.3 Å². The van der Waals surface area contributed by atoms with E-state index in [1.54, 1.807) is 49.8 Å². The first kappa shape index (κ1) is 38.6. The van der Waals surface area contributed by atoms with Gasteiger partial charge in [-0.05, 0) is 98.6 Å². The Morgan fingerprint density at radius 2 is 1.65 bits per heavy atom. The second kappa shape index (κ2) is 17.4. The van der Waals surface area contributed by atoms with Crippen molar-refractivity contribution in [1.29, 1.82) is 0 Å². The highest BCUT2D eigenvalue weighted by Crippen LogP contribution is 2.39. The van der Waals surface area contributed by atoms with Crippen molar-refractivity contribution in [1.82, 2.24) is 4.90 Å². The molecule has 0 spiro atoms. The Hall–Kier alpha value is -4.65. The third-order valence-corrected chi connectivity index (χ3v) is 11.0. The van der Waals surface area contributed by atoms with Crippen molar-refractivity contribution in [3.05, 3.63) is 111 Å². The highest BCUT2D eigenvalue weighted by atomic mass is 35.5. The number of methoxy groups -OCH3 is 1. The zero-order valence-corrected chi connectivity index (χ0v) is 31.7. The van der Waals surface area contributed by atoms with Gasteiger partial charge in [-0.3, -0.25) is 4.90 Å². The van der Waals surface area contributed by atoms with E-state index in [0.29, 0.717) is 56.6 Å². The summed E-state index contributed by atoms with van der Waals surface area (Å²) in [6.45, 7) is 0.0473. The number of aromatic nitrogens is 1. The second-order valence-electron chi connectivity index (χ2n) is 14.1. The molecule has 290 valence electrons. The zero-order chi connectivity index (χ0) is 38.5. The lowest BCUT2D eigenvalue weighted by atomic mass is 9.86. The molecule has 1 aliphatic carbocycles. The highest BCUT2D eigenvalue weighted by molar-refractivity contribution is 6.35. The summed E-state index contributed by atoms with van der Waals surface area (Å²) in [6.07, 6.45) is 6.02. The van der Waals surface area contributed by atoms with Crippen molar-refractivity contribution in [2.75, 3.05) is 38.7 Å². The Morgan fingerprint density at radius 3 is 2.31 bits per heavy atom. The average molecular weight is 798 g/mol. The van der Waals surface area contributed by atoms with Gasteiger partial charge >= 0.3 is 18.6 Å². The molecule has 4 aliphatic rings. The number of alkyl halides is 2. The number of ether oxygens (including phenoxy) is 5. The number of rotatable bonds is 16. The van der Waals surface area contributed by atoms with Gasteiger partial charge in [-0.15, -0.1) is 0 Å². The van der Waals surface area contributed by atoms with Gasteiger partial charge in [0, 0.05) is 29.8 Å². The fourth-order valence-electron chi connectivity index (χ4n) is 7.10. The summed E-state index contributed by atoms with van der Waals surface area (Å²) in [5, 5.41) is 3.94. The molecule has 10 nitrogen and oxygen atoms in total. The predicted molar refractivity (Wildman–Crippen MR) is 201 cm³/mol. The number of nitrogens with one attached hydrogen (secondary N) is 2. The first-order valence-electron chi connectivity index (χ1n) is 18.3. The smallest absolute Gasteiger partial charge is 0.387 e. The Labute approximate surface area is 328 Å². The molecule has 4 aromatic rings. The number of hydrogen-bond acceptors (Lipinski definition) is 9. The Kier molecular flexibility index (Phi) is 12.2. The topological polar surface area (TPSA) is 110 Å². The number of fused-ring (bicyclic) bond motifs is 3. The summed E-state index contributed by atoms with van der Waals surface area (Å²) in [5.74, 6) is 0.100. The first-order chi connectivity index (χ1) is 26.6. The molecule has 3 atom stereocenters. The minimum Gasteiger partial charge on any atom is -0.496 e. The maximum absolute atomic E-state index is 13.9. The molecule has 2 bridgehead atoms. The molecule has 0 amide bonds. The van der Waals surface area contributed by atoms with E-state index in [1.807, 2.05) is 18.2 Å². The number of halogens is 4. The molecular formula is C41H42Cl2F2N3O7+. The average Bonchev–Trinajstić information content (AvgIpc) is 4.03. The Balaban J connectivity index is 1.12. The van der Waals surface area contributed by atoms with Gasteiger partial charge < -0.3 is 29.0 Å². The number of H-pyrrole nitrogens is 1. The van der Waals surface area contributed by atoms with Crippen LogP contribution in [0.15, 0.2) is 79.1 Å². The molecule has 4 heterocycles. The summed E-state index contributed by atoms with van der Waals surface area (Å²) in [7, 11) is 1.55. The van der Waals surface area contributed by atoms with Crippen LogP contribution in [0.25, 0.3) is 0 Å². The summed E-state index contributed by atoms with van der Waals surface area (Å²) >= 11 is 13.0. The minimum atomic E-state index is -3.06. The number of para-hydroxylation sites is 1. The first-order valence-corrected chi connectivity index (χ1v) is 19.1. The van der Waals surface area contributed by atoms with Gasteiger partial charge in [0.1, 0.15) is 28.0 Å². The maximum atomic E-state index is 13.9. The number of benzene rings is 3.